The summed E-state index contributed by atoms with van der Waals surface area (Å²) in [7, 11) is 0. The number of fused-ring (bicyclic) bond motifs is 14. The Morgan fingerprint density at radius 3 is 1.72 bits per heavy atom. The molecule has 5 heterocycles. The van der Waals surface area contributed by atoms with Crippen molar-refractivity contribution in [1.29, 1.82) is 0 Å². The fraction of sp³-hybridized carbons (Fsp3) is 0. The molecule has 0 unspecified atom stereocenters. The van der Waals surface area contributed by atoms with E-state index in [1.165, 1.54) is 19.5 Å². The Morgan fingerprint density at radius 2 is 0.897 bits per heavy atom. The highest BCUT2D eigenvalue weighted by Crippen LogP contribution is 2.48. The summed E-state index contributed by atoms with van der Waals surface area (Å²) in [6.07, 6.45) is 0. The SMILES string of the molecule is c1ccc(-c2cccc(-c3nc(-c4cc5c6ccccc6sc5c5c4oc4ccccc45)nc(-c4cc5c6ccccc6oc5c5c4sc4ccccc45)n3)c2)cc1. The van der Waals surface area contributed by atoms with E-state index in [0.717, 1.165) is 92.6 Å². The topological polar surface area (TPSA) is 65.0 Å². The minimum atomic E-state index is 0.553. The number of furan rings is 2. The Kier molecular flexibility index (Phi) is 6.70. The van der Waals surface area contributed by atoms with Crippen LogP contribution in [0.1, 0.15) is 0 Å². The molecule has 8 aromatic carbocycles. The molecular weight excluding hydrogens is 751 g/mol. The molecule has 0 saturated heterocycles. The second-order valence-corrected chi connectivity index (χ2v) is 16.8. The quantitative estimate of drug-likeness (QED) is 0.178. The molecule has 58 heavy (non-hydrogen) atoms. The van der Waals surface area contributed by atoms with Crippen LogP contribution in [0.15, 0.2) is 173 Å². The van der Waals surface area contributed by atoms with Crippen LogP contribution >= 0.6 is 22.7 Å². The van der Waals surface area contributed by atoms with Crippen molar-refractivity contribution in [3.8, 4) is 45.3 Å². The molecule has 270 valence electrons. The number of hydrogen-bond acceptors (Lipinski definition) is 7. The van der Waals surface area contributed by atoms with Gasteiger partial charge in [0.25, 0.3) is 0 Å². The molecule has 0 N–H and O–H groups in total. The van der Waals surface area contributed by atoms with Crippen molar-refractivity contribution < 1.29 is 8.83 Å². The van der Waals surface area contributed by atoms with Gasteiger partial charge in [0.15, 0.2) is 17.5 Å². The molecule has 0 spiro atoms. The average molecular weight is 778 g/mol. The standard InChI is InChI=1S/C51H27N3O2S2/c1-2-13-28(14-3-1)29-15-12-16-30(25-29)49-52-50(37-27-36-32-18-6-10-23-41(32)57-47(36)43-33-19-5-9-22-40(33)56-46(37)43)54-51(53-49)38-26-35-31-17-4-8-21-39(31)55-45(35)44-34-20-7-11-24-42(34)58-48(38)44/h1-27H. The maximum atomic E-state index is 6.81. The Hall–Kier alpha value is -7.19. The van der Waals surface area contributed by atoms with Gasteiger partial charge in [0.05, 0.1) is 10.3 Å². The van der Waals surface area contributed by atoms with Gasteiger partial charge < -0.3 is 8.83 Å². The first-order valence-corrected chi connectivity index (χ1v) is 20.8. The molecule has 5 aromatic heterocycles. The Balaban J connectivity index is 1.16. The fourth-order valence-corrected chi connectivity index (χ4v) is 11.1. The smallest absolute Gasteiger partial charge is 0.167 e. The highest BCUT2D eigenvalue weighted by Gasteiger charge is 2.25. The molecule has 0 atom stereocenters. The van der Waals surface area contributed by atoms with Gasteiger partial charge in [-0.2, -0.15) is 0 Å². The zero-order chi connectivity index (χ0) is 37.9. The molecule has 0 aliphatic carbocycles. The number of nitrogens with zero attached hydrogens (tertiary/aromatic N) is 3. The molecule has 0 aliphatic heterocycles. The monoisotopic (exact) mass is 777 g/mol. The zero-order valence-corrected chi connectivity index (χ0v) is 32.2. The van der Waals surface area contributed by atoms with E-state index in [1.807, 2.05) is 30.3 Å². The number of aromatic nitrogens is 3. The largest absolute Gasteiger partial charge is 0.455 e. The van der Waals surface area contributed by atoms with E-state index in [0.29, 0.717) is 17.5 Å². The summed E-state index contributed by atoms with van der Waals surface area (Å²) < 4.78 is 18.1. The third kappa shape index (κ3) is 4.66. The highest BCUT2D eigenvalue weighted by atomic mass is 32.1. The van der Waals surface area contributed by atoms with E-state index >= 15 is 0 Å². The van der Waals surface area contributed by atoms with Crippen molar-refractivity contribution in [1.82, 2.24) is 15.0 Å². The van der Waals surface area contributed by atoms with Crippen molar-refractivity contribution in [2.75, 3.05) is 0 Å². The average Bonchev–Trinajstić information content (AvgIpc) is 4.06. The molecule has 0 bridgehead atoms. The van der Waals surface area contributed by atoms with Crippen LogP contribution < -0.4 is 0 Å². The summed E-state index contributed by atoms with van der Waals surface area (Å²) in [6.45, 7) is 0. The van der Waals surface area contributed by atoms with Crippen molar-refractivity contribution in [2.45, 2.75) is 0 Å². The summed E-state index contributed by atoms with van der Waals surface area (Å²) in [6, 6.07) is 57.0. The third-order valence-electron chi connectivity index (χ3n) is 11.3. The first kappa shape index (κ1) is 32.0. The van der Waals surface area contributed by atoms with E-state index in [4.69, 9.17) is 23.8 Å². The molecular formula is C51H27N3O2S2. The Morgan fingerprint density at radius 1 is 0.345 bits per heavy atom. The highest BCUT2D eigenvalue weighted by molar-refractivity contribution is 7.27. The summed E-state index contributed by atoms with van der Waals surface area (Å²) in [4.78, 5) is 16.2. The molecule has 13 aromatic rings. The van der Waals surface area contributed by atoms with Gasteiger partial charge in [-0.3, -0.25) is 0 Å². The lowest BCUT2D eigenvalue weighted by Crippen LogP contribution is -2.01. The van der Waals surface area contributed by atoms with E-state index in [1.54, 1.807) is 22.7 Å². The zero-order valence-electron chi connectivity index (χ0n) is 30.6. The maximum absolute atomic E-state index is 6.81. The lowest BCUT2D eigenvalue weighted by molar-refractivity contribution is 0.670. The second kappa shape index (κ2) is 12.2. The van der Waals surface area contributed by atoms with Crippen LogP contribution in [0.25, 0.3) is 130 Å². The molecule has 13 rings (SSSR count). The van der Waals surface area contributed by atoms with Gasteiger partial charge in [-0.05, 0) is 53.6 Å². The van der Waals surface area contributed by atoms with Gasteiger partial charge in [-0.25, -0.2) is 15.0 Å². The molecule has 5 nitrogen and oxygen atoms in total. The first-order chi connectivity index (χ1) is 28.7. The maximum Gasteiger partial charge on any atom is 0.167 e. The van der Waals surface area contributed by atoms with Crippen molar-refractivity contribution in [3.63, 3.8) is 0 Å². The number of benzene rings is 8. The first-order valence-electron chi connectivity index (χ1n) is 19.2. The van der Waals surface area contributed by atoms with E-state index in [-0.39, 0.29) is 0 Å². The minimum absolute atomic E-state index is 0.553. The fourth-order valence-electron chi connectivity index (χ4n) is 8.68. The van der Waals surface area contributed by atoms with Gasteiger partial charge in [0.1, 0.15) is 22.3 Å². The van der Waals surface area contributed by atoms with Gasteiger partial charge in [0, 0.05) is 68.3 Å². The molecule has 0 amide bonds. The van der Waals surface area contributed by atoms with Crippen molar-refractivity contribution >= 4 is 107 Å². The van der Waals surface area contributed by atoms with Crippen LogP contribution in [0.2, 0.25) is 0 Å². The molecule has 7 heteroatoms. The molecule has 0 aliphatic rings. The predicted molar refractivity (Wildman–Crippen MR) is 242 cm³/mol. The number of para-hydroxylation sites is 2. The van der Waals surface area contributed by atoms with E-state index < -0.39 is 0 Å². The number of hydrogen-bond donors (Lipinski definition) is 0. The van der Waals surface area contributed by atoms with Gasteiger partial charge in [0.2, 0.25) is 0 Å². The van der Waals surface area contributed by atoms with Crippen molar-refractivity contribution in [2.24, 2.45) is 0 Å². The Labute approximate surface area is 338 Å². The van der Waals surface area contributed by atoms with Crippen LogP contribution in [0.3, 0.4) is 0 Å². The normalized spacial score (nSPS) is 12.1. The van der Waals surface area contributed by atoms with Gasteiger partial charge in [-0.1, -0.05) is 121 Å². The predicted octanol–water partition coefficient (Wildman–Crippen LogP) is 15.1. The van der Waals surface area contributed by atoms with Gasteiger partial charge in [-0.15, -0.1) is 22.7 Å². The van der Waals surface area contributed by atoms with Gasteiger partial charge >= 0.3 is 0 Å². The Bertz CT molecular complexity index is 3610. The summed E-state index contributed by atoms with van der Waals surface area (Å²) in [5, 5.41) is 8.82. The van der Waals surface area contributed by atoms with Crippen LogP contribution in [-0.4, -0.2) is 15.0 Å². The summed E-state index contributed by atoms with van der Waals surface area (Å²) >= 11 is 3.54. The number of thiophene rings is 2. The number of rotatable bonds is 4. The molecule has 0 radical (unpaired) electrons. The summed E-state index contributed by atoms with van der Waals surface area (Å²) in [5.74, 6) is 1.73. The van der Waals surface area contributed by atoms with E-state index in [2.05, 4.69) is 133 Å². The summed E-state index contributed by atoms with van der Waals surface area (Å²) in [5.41, 5.74) is 8.20. The van der Waals surface area contributed by atoms with Crippen LogP contribution in [0.4, 0.5) is 0 Å². The lowest BCUT2D eigenvalue weighted by Gasteiger charge is -2.11. The minimum Gasteiger partial charge on any atom is -0.455 e. The van der Waals surface area contributed by atoms with Crippen LogP contribution in [-0.2, 0) is 0 Å². The van der Waals surface area contributed by atoms with Crippen LogP contribution in [0.5, 0.6) is 0 Å². The molecule has 0 fully saturated rings. The second-order valence-electron chi connectivity index (χ2n) is 14.7. The third-order valence-corrected chi connectivity index (χ3v) is 13.7. The molecule has 0 saturated carbocycles. The van der Waals surface area contributed by atoms with E-state index in [9.17, 15) is 0 Å². The van der Waals surface area contributed by atoms with Crippen molar-refractivity contribution in [3.05, 3.63) is 164 Å². The lowest BCUT2D eigenvalue weighted by atomic mass is 10.0. The van der Waals surface area contributed by atoms with Crippen LogP contribution in [0, 0.1) is 0 Å².